The van der Waals surface area contributed by atoms with E-state index in [0.717, 1.165) is 4.31 Å². The average molecular weight is 316 g/mol. The summed E-state index contributed by atoms with van der Waals surface area (Å²) in [6.07, 6.45) is -0.757. The molecule has 2 rings (SSSR count). The van der Waals surface area contributed by atoms with Crippen molar-refractivity contribution in [3.8, 4) is 6.07 Å². The van der Waals surface area contributed by atoms with E-state index in [1.165, 1.54) is 25.2 Å². The molecule has 0 spiro atoms. The second-order valence-corrected chi connectivity index (χ2v) is 6.94. The second-order valence-electron chi connectivity index (χ2n) is 4.57. The Balaban J connectivity index is 2.38. The Morgan fingerprint density at radius 3 is 2.70 bits per heavy atom. The predicted molar refractivity (Wildman–Crippen MR) is 73.8 cm³/mol. The van der Waals surface area contributed by atoms with Crippen LogP contribution in [-0.2, 0) is 10.0 Å². The molecule has 2 atom stereocenters. The molecule has 8 heteroatoms. The number of nitriles is 1. The number of rotatable bonds is 3. The van der Waals surface area contributed by atoms with Crippen molar-refractivity contribution in [2.75, 3.05) is 20.1 Å². The molecule has 1 aliphatic heterocycles. The quantitative estimate of drug-likeness (QED) is 0.829. The van der Waals surface area contributed by atoms with Gasteiger partial charge in [0.2, 0.25) is 10.0 Å². The number of aliphatic hydroxyl groups excluding tert-OH is 1. The van der Waals surface area contributed by atoms with Gasteiger partial charge >= 0.3 is 0 Å². The van der Waals surface area contributed by atoms with E-state index in [2.05, 4.69) is 5.32 Å². The maximum absolute atomic E-state index is 12.5. The molecule has 2 N–H and O–H groups in total. The lowest BCUT2D eigenvalue weighted by Crippen LogP contribution is -2.44. The van der Waals surface area contributed by atoms with Crippen molar-refractivity contribution in [2.45, 2.75) is 17.0 Å². The van der Waals surface area contributed by atoms with Gasteiger partial charge in [0, 0.05) is 20.1 Å². The van der Waals surface area contributed by atoms with E-state index in [1.54, 1.807) is 0 Å². The van der Waals surface area contributed by atoms with E-state index >= 15 is 0 Å². The minimum atomic E-state index is -3.82. The molecule has 1 aromatic carbocycles. The number of benzene rings is 1. The zero-order chi connectivity index (χ0) is 14.9. The summed E-state index contributed by atoms with van der Waals surface area (Å²) in [6.45, 7) is 0.733. The first-order valence-electron chi connectivity index (χ1n) is 5.94. The fourth-order valence-corrected chi connectivity index (χ4v) is 4.04. The number of hydrogen-bond donors (Lipinski definition) is 2. The van der Waals surface area contributed by atoms with Gasteiger partial charge in [0.05, 0.1) is 28.8 Å². The Morgan fingerprint density at radius 2 is 2.20 bits per heavy atom. The first-order chi connectivity index (χ1) is 9.37. The molecule has 108 valence electrons. The molecule has 0 amide bonds. The van der Waals surface area contributed by atoms with Gasteiger partial charge in [-0.3, -0.25) is 0 Å². The van der Waals surface area contributed by atoms with Crippen LogP contribution in [0.4, 0.5) is 0 Å². The SMILES string of the molecule is CN([C@@H]1CNC[C@H]1O)S(=O)(=O)c1ccc(C#N)cc1Cl. The molecule has 6 nitrogen and oxygen atoms in total. The monoisotopic (exact) mass is 315 g/mol. The fourth-order valence-electron chi connectivity index (χ4n) is 2.14. The minimum absolute atomic E-state index is 0.00338. The molecular weight excluding hydrogens is 302 g/mol. The highest BCUT2D eigenvalue weighted by molar-refractivity contribution is 7.89. The van der Waals surface area contributed by atoms with Gasteiger partial charge in [-0.25, -0.2) is 8.42 Å². The van der Waals surface area contributed by atoms with Gasteiger partial charge in [-0.15, -0.1) is 0 Å². The summed E-state index contributed by atoms with van der Waals surface area (Å²) < 4.78 is 26.1. The van der Waals surface area contributed by atoms with Crippen LogP contribution in [-0.4, -0.2) is 50.1 Å². The summed E-state index contributed by atoms with van der Waals surface area (Å²) in [5.74, 6) is 0. The van der Waals surface area contributed by atoms with E-state index in [-0.39, 0.29) is 9.92 Å². The van der Waals surface area contributed by atoms with E-state index in [0.29, 0.717) is 18.7 Å². The highest BCUT2D eigenvalue weighted by Gasteiger charge is 2.36. The predicted octanol–water partition coefficient (Wildman–Crippen LogP) is 0.165. The Morgan fingerprint density at radius 1 is 1.50 bits per heavy atom. The maximum atomic E-state index is 12.5. The van der Waals surface area contributed by atoms with Crippen molar-refractivity contribution >= 4 is 21.6 Å². The number of likely N-dealkylation sites (N-methyl/N-ethyl adjacent to an activating group) is 1. The van der Waals surface area contributed by atoms with Crippen LogP contribution in [0, 0.1) is 11.3 Å². The molecule has 20 heavy (non-hydrogen) atoms. The standard InChI is InChI=1S/C12H14ClN3O3S/c1-16(10-6-15-7-11(10)17)20(18,19)12-3-2-8(5-14)4-9(12)13/h2-4,10-11,15,17H,6-7H2,1H3/t10-,11-/m1/s1. The molecule has 0 radical (unpaired) electrons. The van der Waals surface area contributed by atoms with E-state index in [4.69, 9.17) is 16.9 Å². The maximum Gasteiger partial charge on any atom is 0.244 e. The summed E-state index contributed by atoms with van der Waals surface area (Å²) in [4.78, 5) is -0.0697. The summed E-state index contributed by atoms with van der Waals surface area (Å²) in [5.41, 5.74) is 0.291. The van der Waals surface area contributed by atoms with Gasteiger partial charge in [-0.2, -0.15) is 9.57 Å². The fraction of sp³-hybridized carbons (Fsp3) is 0.417. The zero-order valence-corrected chi connectivity index (χ0v) is 12.3. The van der Waals surface area contributed by atoms with Crippen molar-refractivity contribution in [1.29, 1.82) is 5.26 Å². The number of β-amino-alcohol motifs (C(OH)–C–C–N with tert-alkyl or cyclic N) is 1. The topological polar surface area (TPSA) is 93.4 Å². The highest BCUT2D eigenvalue weighted by atomic mass is 35.5. The van der Waals surface area contributed by atoms with Crippen molar-refractivity contribution in [3.05, 3.63) is 28.8 Å². The van der Waals surface area contributed by atoms with Crippen molar-refractivity contribution in [1.82, 2.24) is 9.62 Å². The van der Waals surface area contributed by atoms with Crippen LogP contribution in [0.3, 0.4) is 0 Å². The Bertz CT molecular complexity index is 656. The van der Waals surface area contributed by atoms with Crippen LogP contribution in [0.25, 0.3) is 0 Å². The van der Waals surface area contributed by atoms with Crippen molar-refractivity contribution in [3.63, 3.8) is 0 Å². The molecular formula is C12H14ClN3O3S. The van der Waals surface area contributed by atoms with Gasteiger partial charge in [-0.1, -0.05) is 11.6 Å². The molecule has 1 saturated heterocycles. The highest BCUT2D eigenvalue weighted by Crippen LogP contribution is 2.27. The molecule has 0 unspecified atom stereocenters. The van der Waals surface area contributed by atoms with Crippen molar-refractivity contribution in [2.24, 2.45) is 0 Å². The van der Waals surface area contributed by atoms with Crippen LogP contribution in [0.5, 0.6) is 0 Å². The second kappa shape index (κ2) is 5.68. The average Bonchev–Trinajstić information content (AvgIpc) is 2.83. The lowest BCUT2D eigenvalue weighted by atomic mass is 10.2. The van der Waals surface area contributed by atoms with E-state index in [1.807, 2.05) is 6.07 Å². The molecule has 1 fully saturated rings. The number of hydrogen-bond acceptors (Lipinski definition) is 5. The number of sulfonamides is 1. The number of nitrogens with zero attached hydrogens (tertiary/aromatic N) is 2. The van der Waals surface area contributed by atoms with Crippen molar-refractivity contribution < 1.29 is 13.5 Å². The molecule has 1 heterocycles. The van der Waals surface area contributed by atoms with E-state index in [9.17, 15) is 13.5 Å². The first-order valence-corrected chi connectivity index (χ1v) is 7.76. The van der Waals surface area contributed by atoms with Gasteiger partial charge in [0.25, 0.3) is 0 Å². The third kappa shape index (κ3) is 2.66. The number of halogens is 1. The smallest absolute Gasteiger partial charge is 0.244 e. The summed E-state index contributed by atoms with van der Waals surface area (Å²) in [7, 11) is -2.41. The Kier molecular flexibility index (Phi) is 4.32. The summed E-state index contributed by atoms with van der Waals surface area (Å²) in [5, 5.41) is 21.5. The molecule has 0 saturated carbocycles. The summed E-state index contributed by atoms with van der Waals surface area (Å²) >= 11 is 5.94. The lowest BCUT2D eigenvalue weighted by molar-refractivity contribution is 0.136. The molecule has 0 aromatic heterocycles. The first kappa shape index (κ1) is 15.2. The summed E-state index contributed by atoms with van der Waals surface area (Å²) in [6, 6.07) is 5.38. The number of nitrogens with one attached hydrogen (secondary N) is 1. The minimum Gasteiger partial charge on any atom is -0.390 e. The Labute approximate surface area is 122 Å². The molecule has 0 aliphatic carbocycles. The molecule has 1 aromatic rings. The Hall–Kier alpha value is -1.17. The van der Waals surface area contributed by atoms with Gasteiger partial charge in [0.15, 0.2) is 0 Å². The van der Waals surface area contributed by atoms with Gasteiger partial charge in [-0.05, 0) is 18.2 Å². The van der Waals surface area contributed by atoms with Gasteiger partial charge in [0.1, 0.15) is 4.90 Å². The van der Waals surface area contributed by atoms with Gasteiger partial charge < -0.3 is 10.4 Å². The largest absolute Gasteiger partial charge is 0.390 e. The number of aliphatic hydroxyl groups is 1. The lowest BCUT2D eigenvalue weighted by Gasteiger charge is -2.26. The zero-order valence-electron chi connectivity index (χ0n) is 10.7. The van der Waals surface area contributed by atoms with Crippen LogP contribution in [0.2, 0.25) is 5.02 Å². The van der Waals surface area contributed by atoms with Crippen LogP contribution in [0.15, 0.2) is 23.1 Å². The molecule has 0 bridgehead atoms. The van der Waals surface area contributed by atoms with Crippen LogP contribution in [0.1, 0.15) is 5.56 Å². The van der Waals surface area contributed by atoms with Crippen LogP contribution < -0.4 is 5.32 Å². The molecule has 1 aliphatic rings. The van der Waals surface area contributed by atoms with Crippen LogP contribution >= 0.6 is 11.6 Å². The third-order valence-electron chi connectivity index (χ3n) is 3.34. The van der Waals surface area contributed by atoms with E-state index < -0.39 is 22.2 Å². The normalized spacial score (nSPS) is 22.9. The third-order valence-corrected chi connectivity index (χ3v) is 5.70.